The second kappa shape index (κ2) is 4.97. The number of hydrogen-bond acceptors (Lipinski definition) is 4. The third-order valence-electron chi connectivity index (χ3n) is 2.81. The third-order valence-corrected chi connectivity index (χ3v) is 5.25. The molecule has 0 aliphatic heterocycles. The predicted octanol–water partition coefficient (Wildman–Crippen LogP) is 1.47. The minimum Gasteiger partial charge on any atom is -0.497 e. The van der Waals surface area contributed by atoms with Gasteiger partial charge in [-0.3, -0.25) is 4.79 Å². The van der Waals surface area contributed by atoms with Crippen molar-refractivity contribution in [1.82, 2.24) is 0 Å². The van der Waals surface area contributed by atoms with Gasteiger partial charge in [0.05, 0.1) is 12.9 Å². The Bertz CT molecular complexity index is 528. The molecule has 0 atom stereocenters. The number of hydrogen-bond donors (Lipinski definition) is 1. The second-order valence-electron chi connectivity index (χ2n) is 4.42. The largest absolute Gasteiger partial charge is 0.497 e. The summed E-state index contributed by atoms with van der Waals surface area (Å²) in [5.74, 6) is -1.04. The van der Waals surface area contributed by atoms with Gasteiger partial charge in [0, 0.05) is 0 Å². The topological polar surface area (TPSA) is 80.7 Å². The smallest absolute Gasteiger partial charge is 0.324 e. The molecule has 1 rings (SSSR count). The van der Waals surface area contributed by atoms with Gasteiger partial charge in [-0.1, -0.05) is 12.1 Å². The molecule has 0 aromatic heterocycles. The molecule has 0 aliphatic rings. The number of carbonyl (C=O) groups is 1. The molecule has 0 fully saturated rings. The molecular weight excluding hydrogens is 256 g/mol. The molecule has 0 amide bonds. The maximum absolute atomic E-state index is 12.0. The Kier molecular flexibility index (Phi) is 4.01. The van der Waals surface area contributed by atoms with E-state index in [1.807, 2.05) is 0 Å². The fraction of sp³-hybridized carbons (Fsp3) is 0.417. The Hall–Kier alpha value is -1.56. The van der Waals surface area contributed by atoms with Crippen molar-refractivity contribution in [3.05, 3.63) is 29.8 Å². The summed E-state index contributed by atoms with van der Waals surface area (Å²) in [7, 11) is -2.26. The predicted molar refractivity (Wildman–Crippen MR) is 67.3 cm³/mol. The number of benzene rings is 1. The molecule has 6 heteroatoms. The van der Waals surface area contributed by atoms with Crippen LogP contribution in [0.1, 0.15) is 19.4 Å². The Morgan fingerprint density at radius 3 is 2.17 bits per heavy atom. The zero-order chi connectivity index (χ0) is 14.0. The number of aliphatic carboxylic acids is 1. The highest BCUT2D eigenvalue weighted by atomic mass is 32.2. The van der Waals surface area contributed by atoms with Gasteiger partial charge in [0.15, 0.2) is 14.6 Å². The lowest BCUT2D eigenvalue weighted by atomic mass is 10.2. The molecule has 0 heterocycles. The van der Waals surface area contributed by atoms with Gasteiger partial charge in [0.25, 0.3) is 0 Å². The first kappa shape index (κ1) is 14.5. The van der Waals surface area contributed by atoms with Gasteiger partial charge in [0.2, 0.25) is 0 Å². The highest BCUT2D eigenvalue weighted by molar-refractivity contribution is 7.92. The summed E-state index contributed by atoms with van der Waals surface area (Å²) in [4.78, 5) is 11.0. The van der Waals surface area contributed by atoms with Crippen molar-refractivity contribution in [2.45, 2.75) is 24.3 Å². The molecule has 1 N–H and O–H groups in total. The number of ether oxygens (including phenoxy) is 1. The van der Waals surface area contributed by atoms with E-state index < -0.39 is 20.6 Å². The monoisotopic (exact) mass is 272 g/mol. The van der Waals surface area contributed by atoms with E-state index in [1.54, 1.807) is 24.3 Å². The minimum absolute atomic E-state index is 0.309. The number of carboxylic acid groups (broad SMARTS) is 1. The summed E-state index contributed by atoms with van der Waals surface area (Å²) in [6.07, 6.45) is 0. The summed E-state index contributed by atoms with van der Waals surface area (Å²) < 4.78 is 27.2. The number of rotatable bonds is 5. The summed E-state index contributed by atoms with van der Waals surface area (Å²) in [6, 6.07) is 6.49. The van der Waals surface area contributed by atoms with Crippen LogP contribution in [-0.2, 0) is 20.4 Å². The number of sulfone groups is 1. The Labute approximate surface area is 106 Å². The summed E-state index contributed by atoms with van der Waals surface area (Å²) in [5, 5.41) is 8.94. The lowest BCUT2D eigenvalue weighted by molar-refractivity contribution is -0.139. The zero-order valence-corrected chi connectivity index (χ0v) is 11.3. The molecule has 5 nitrogen and oxygen atoms in total. The molecule has 0 radical (unpaired) electrons. The van der Waals surface area contributed by atoms with Gasteiger partial charge in [-0.15, -0.1) is 0 Å². The molecule has 18 heavy (non-hydrogen) atoms. The van der Waals surface area contributed by atoms with Crippen LogP contribution in [0.3, 0.4) is 0 Å². The van der Waals surface area contributed by atoms with Crippen LogP contribution in [-0.4, -0.2) is 31.4 Å². The van der Waals surface area contributed by atoms with Crippen molar-refractivity contribution >= 4 is 15.8 Å². The number of carboxylic acids is 1. The second-order valence-corrected chi connectivity index (χ2v) is 6.96. The molecule has 0 aliphatic carbocycles. The van der Waals surface area contributed by atoms with Crippen molar-refractivity contribution < 1.29 is 23.1 Å². The Morgan fingerprint density at radius 1 is 1.28 bits per heavy atom. The van der Waals surface area contributed by atoms with Gasteiger partial charge in [0.1, 0.15) is 5.75 Å². The number of methoxy groups -OCH3 is 1. The van der Waals surface area contributed by atoms with Gasteiger partial charge in [-0.2, -0.15) is 0 Å². The van der Waals surface area contributed by atoms with E-state index in [9.17, 15) is 13.2 Å². The Balaban J connectivity index is 2.99. The van der Waals surface area contributed by atoms with E-state index >= 15 is 0 Å². The molecule has 1 aromatic carbocycles. The van der Waals surface area contributed by atoms with Crippen LogP contribution >= 0.6 is 0 Å². The first-order valence-corrected chi connectivity index (χ1v) is 6.94. The highest BCUT2D eigenvalue weighted by Gasteiger charge is 2.41. The average molecular weight is 272 g/mol. The summed E-state index contributed by atoms with van der Waals surface area (Å²) in [5.41, 5.74) is 0.533. The van der Waals surface area contributed by atoms with Crippen LogP contribution < -0.4 is 4.74 Å². The summed E-state index contributed by atoms with van der Waals surface area (Å²) in [6.45, 7) is 2.38. The van der Waals surface area contributed by atoms with Gasteiger partial charge in [-0.05, 0) is 31.5 Å². The SMILES string of the molecule is COc1ccc(CS(=O)(=O)C(C)(C)C(=O)O)cc1. The van der Waals surface area contributed by atoms with Gasteiger partial charge >= 0.3 is 5.97 Å². The highest BCUT2D eigenvalue weighted by Crippen LogP contribution is 2.22. The van der Waals surface area contributed by atoms with E-state index in [1.165, 1.54) is 21.0 Å². The van der Waals surface area contributed by atoms with E-state index in [0.29, 0.717) is 11.3 Å². The van der Waals surface area contributed by atoms with Crippen LogP contribution in [0.5, 0.6) is 5.75 Å². The van der Waals surface area contributed by atoms with E-state index in [2.05, 4.69) is 0 Å². The third kappa shape index (κ3) is 2.81. The molecule has 0 saturated heterocycles. The minimum atomic E-state index is -3.77. The molecule has 0 bridgehead atoms. The van der Waals surface area contributed by atoms with Crippen LogP contribution in [0.15, 0.2) is 24.3 Å². The fourth-order valence-electron chi connectivity index (χ4n) is 1.25. The van der Waals surface area contributed by atoms with Crippen molar-refractivity contribution in [2.75, 3.05) is 7.11 Å². The molecule has 0 unspecified atom stereocenters. The molecule has 100 valence electrons. The van der Waals surface area contributed by atoms with Crippen molar-refractivity contribution in [3.63, 3.8) is 0 Å². The lowest BCUT2D eigenvalue weighted by Crippen LogP contribution is -2.41. The van der Waals surface area contributed by atoms with Crippen molar-refractivity contribution in [3.8, 4) is 5.75 Å². The van der Waals surface area contributed by atoms with E-state index in [-0.39, 0.29) is 5.75 Å². The molecular formula is C12H16O5S. The molecule has 1 aromatic rings. The maximum atomic E-state index is 12.0. The maximum Gasteiger partial charge on any atom is 0.324 e. The van der Waals surface area contributed by atoms with Crippen molar-refractivity contribution in [2.24, 2.45) is 0 Å². The van der Waals surface area contributed by atoms with E-state index in [4.69, 9.17) is 9.84 Å². The van der Waals surface area contributed by atoms with Crippen molar-refractivity contribution in [1.29, 1.82) is 0 Å². The summed E-state index contributed by atoms with van der Waals surface area (Å²) >= 11 is 0. The standard InChI is InChI=1S/C12H16O5S/c1-12(2,11(13)14)18(15,16)8-9-4-6-10(17-3)7-5-9/h4-7H,8H2,1-3H3,(H,13,14). The van der Waals surface area contributed by atoms with Crippen LogP contribution in [0.4, 0.5) is 0 Å². The van der Waals surface area contributed by atoms with Gasteiger partial charge < -0.3 is 9.84 Å². The van der Waals surface area contributed by atoms with Crippen LogP contribution in [0.25, 0.3) is 0 Å². The molecule has 0 spiro atoms. The quantitative estimate of drug-likeness (QED) is 0.878. The lowest BCUT2D eigenvalue weighted by Gasteiger charge is -2.19. The Morgan fingerprint density at radius 2 is 1.78 bits per heavy atom. The van der Waals surface area contributed by atoms with E-state index in [0.717, 1.165) is 0 Å². The van der Waals surface area contributed by atoms with Crippen LogP contribution in [0.2, 0.25) is 0 Å². The fourth-order valence-corrected chi connectivity index (χ4v) is 2.51. The zero-order valence-electron chi connectivity index (χ0n) is 10.5. The normalized spacial score (nSPS) is 12.2. The molecule has 0 saturated carbocycles. The van der Waals surface area contributed by atoms with Crippen LogP contribution in [0, 0.1) is 0 Å². The first-order valence-electron chi connectivity index (χ1n) is 5.29. The average Bonchev–Trinajstić information content (AvgIpc) is 2.29. The van der Waals surface area contributed by atoms with Gasteiger partial charge in [-0.25, -0.2) is 8.42 Å². The first-order chi connectivity index (χ1) is 8.20.